The van der Waals surface area contributed by atoms with E-state index in [2.05, 4.69) is 34.1 Å². The van der Waals surface area contributed by atoms with Gasteiger partial charge in [0.1, 0.15) is 12.4 Å². The van der Waals surface area contributed by atoms with Gasteiger partial charge in [-0.1, -0.05) is 30.3 Å². The van der Waals surface area contributed by atoms with Gasteiger partial charge in [0.15, 0.2) is 0 Å². The van der Waals surface area contributed by atoms with E-state index in [1.54, 1.807) is 7.11 Å². The van der Waals surface area contributed by atoms with E-state index >= 15 is 0 Å². The van der Waals surface area contributed by atoms with Crippen LogP contribution in [0.4, 0.5) is 0 Å². The third-order valence-electron chi connectivity index (χ3n) is 2.70. The van der Waals surface area contributed by atoms with Gasteiger partial charge in [-0.15, -0.1) is 0 Å². The van der Waals surface area contributed by atoms with Gasteiger partial charge in [-0.05, 0) is 39.7 Å². The van der Waals surface area contributed by atoms with Crippen LogP contribution in [-0.4, -0.2) is 19.8 Å². The number of hydrogen-bond acceptors (Lipinski definition) is 2. The van der Waals surface area contributed by atoms with Gasteiger partial charge in [-0.25, -0.2) is 0 Å². The molecule has 0 amide bonds. The highest BCUT2D eigenvalue weighted by atomic mass is 79.9. The molecule has 0 saturated heterocycles. The monoisotopic (exact) mass is 294 g/mol. The fourth-order valence-corrected chi connectivity index (χ4v) is 2.21. The molecule has 0 spiro atoms. The lowest BCUT2D eigenvalue weighted by molar-refractivity contribution is 0.0714. The highest BCUT2D eigenvalue weighted by molar-refractivity contribution is 9.10. The van der Waals surface area contributed by atoms with Gasteiger partial charge >= 0.3 is 0 Å². The summed E-state index contributed by atoms with van der Waals surface area (Å²) in [4.78, 5) is 0. The van der Waals surface area contributed by atoms with Crippen molar-refractivity contribution < 1.29 is 9.47 Å². The standard InChI is InChI=1S/C14H15BrO2/c1-10(16-2)9-17-13-8-7-11-5-3-4-6-12(11)14(13)15/h3-8,10H,9H2,1-2H3. The van der Waals surface area contributed by atoms with E-state index in [0.717, 1.165) is 15.6 Å². The molecule has 0 aliphatic heterocycles. The Morgan fingerprint density at radius 3 is 2.71 bits per heavy atom. The molecule has 0 aliphatic rings. The van der Waals surface area contributed by atoms with Crippen molar-refractivity contribution >= 4 is 26.7 Å². The summed E-state index contributed by atoms with van der Waals surface area (Å²) in [6, 6.07) is 12.3. The molecule has 2 aromatic carbocycles. The zero-order valence-electron chi connectivity index (χ0n) is 9.94. The van der Waals surface area contributed by atoms with Crippen LogP contribution in [0.1, 0.15) is 6.92 Å². The van der Waals surface area contributed by atoms with Gasteiger partial charge in [0.05, 0.1) is 10.6 Å². The van der Waals surface area contributed by atoms with Gasteiger partial charge in [-0.2, -0.15) is 0 Å². The summed E-state index contributed by atoms with van der Waals surface area (Å²) in [5.41, 5.74) is 0. The predicted molar refractivity (Wildman–Crippen MR) is 73.6 cm³/mol. The van der Waals surface area contributed by atoms with E-state index in [1.165, 1.54) is 5.39 Å². The van der Waals surface area contributed by atoms with Crippen LogP contribution < -0.4 is 4.74 Å². The summed E-state index contributed by atoms with van der Waals surface area (Å²) in [5.74, 6) is 0.854. The summed E-state index contributed by atoms with van der Waals surface area (Å²) in [6.45, 7) is 2.53. The molecule has 0 radical (unpaired) electrons. The van der Waals surface area contributed by atoms with Gasteiger partial charge < -0.3 is 9.47 Å². The van der Waals surface area contributed by atoms with E-state index < -0.39 is 0 Å². The lowest BCUT2D eigenvalue weighted by Gasteiger charge is -2.13. The first-order valence-corrected chi connectivity index (χ1v) is 6.34. The lowest BCUT2D eigenvalue weighted by atomic mass is 10.1. The number of hydrogen-bond donors (Lipinski definition) is 0. The van der Waals surface area contributed by atoms with E-state index in [9.17, 15) is 0 Å². The molecule has 2 aromatic rings. The summed E-state index contributed by atoms with van der Waals surface area (Å²) in [5, 5.41) is 2.36. The van der Waals surface area contributed by atoms with Crippen LogP contribution in [0.25, 0.3) is 10.8 Å². The first-order valence-electron chi connectivity index (χ1n) is 5.55. The molecule has 1 atom stereocenters. The molecule has 0 saturated carbocycles. The van der Waals surface area contributed by atoms with Crippen LogP contribution >= 0.6 is 15.9 Å². The van der Waals surface area contributed by atoms with Crippen molar-refractivity contribution in [3.63, 3.8) is 0 Å². The van der Waals surface area contributed by atoms with Crippen molar-refractivity contribution in [3.05, 3.63) is 40.9 Å². The molecule has 2 rings (SSSR count). The normalized spacial score (nSPS) is 12.6. The Morgan fingerprint density at radius 2 is 1.94 bits per heavy atom. The molecule has 0 fully saturated rings. The van der Waals surface area contributed by atoms with Crippen LogP contribution in [0.15, 0.2) is 40.9 Å². The summed E-state index contributed by atoms with van der Waals surface area (Å²) >= 11 is 3.59. The largest absolute Gasteiger partial charge is 0.490 e. The average Bonchev–Trinajstić information content (AvgIpc) is 2.38. The third kappa shape index (κ3) is 2.79. The molecule has 17 heavy (non-hydrogen) atoms. The fraction of sp³-hybridized carbons (Fsp3) is 0.286. The number of benzene rings is 2. The van der Waals surface area contributed by atoms with Crippen LogP contribution in [0.5, 0.6) is 5.75 Å². The maximum Gasteiger partial charge on any atom is 0.134 e. The smallest absolute Gasteiger partial charge is 0.134 e. The Bertz CT molecular complexity index is 511. The molecule has 3 heteroatoms. The fourth-order valence-electron chi connectivity index (χ4n) is 1.60. The Morgan fingerprint density at radius 1 is 1.18 bits per heavy atom. The average molecular weight is 295 g/mol. The second-order valence-electron chi connectivity index (χ2n) is 3.96. The summed E-state index contributed by atoms with van der Waals surface area (Å²) in [6.07, 6.45) is 0.0911. The van der Waals surface area contributed by atoms with Crippen molar-refractivity contribution in [2.24, 2.45) is 0 Å². The molecule has 0 heterocycles. The zero-order chi connectivity index (χ0) is 12.3. The van der Waals surface area contributed by atoms with Crippen LogP contribution in [0.3, 0.4) is 0 Å². The minimum Gasteiger partial charge on any atom is -0.490 e. The van der Waals surface area contributed by atoms with Gasteiger partial charge in [-0.3, -0.25) is 0 Å². The van der Waals surface area contributed by atoms with Gasteiger partial charge in [0, 0.05) is 7.11 Å². The second kappa shape index (κ2) is 5.52. The van der Waals surface area contributed by atoms with Crippen molar-refractivity contribution in [3.8, 4) is 5.75 Å². The van der Waals surface area contributed by atoms with Crippen molar-refractivity contribution in [2.45, 2.75) is 13.0 Å². The van der Waals surface area contributed by atoms with E-state index in [4.69, 9.17) is 9.47 Å². The van der Waals surface area contributed by atoms with E-state index in [1.807, 2.05) is 25.1 Å². The summed E-state index contributed by atoms with van der Waals surface area (Å²) < 4.78 is 11.9. The number of halogens is 1. The third-order valence-corrected chi connectivity index (χ3v) is 3.52. The minimum atomic E-state index is 0.0911. The topological polar surface area (TPSA) is 18.5 Å². The highest BCUT2D eigenvalue weighted by Gasteiger charge is 2.07. The van der Waals surface area contributed by atoms with Crippen molar-refractivity contribution in [1.82, 2.24) is 0 Å². The molecular formula is C14H15BrO2. The lowest BCUT2D eigenvalue weighted by Crippen LogP contribution is -2.16. The second-order valence-corrected chi connectivity index (χ2v) is 4.75. The Balaban J connectivity index is 2.26. The first-order chi connectivity index (χ1) is 8.22. The maximum atomic E-state index is 5.73. The van der Waals surface area contributed by atoms with Crippen molar-refractivity contribution in [2.75, 3.05) is 13.7 Å². The Kier molecular flexibility index (Phi) is 4.02. The molecule has 90 valence electrons. The number of ether oxygens (including phenoxy) is 2. The number of rotatable bonds is 4. The molecule has 0 aromatic heterocycles. The zero-order valence-corrected chi connectivity index (χ0v) is 11.5. The predicted octanol–water partition coefficient (Wildman–Crippen LogP) is 4.02. The quantitative estimate of drug-likeness (QED) is 0.848. The highest BCUT2D eigenvalue weighted by Crippen LogP contribution is 2.33. The molecule has 0 aliphatic carbocycles. The SMILES string of the molecule is COC(C)COc1ccc2ccccc2c1Br. The Labute approximate surface area is 110 Å². The van der Waals surface area contributed by atoms with Crippen LogP contribution in [-0.2, 0) is 4.74 Å². The molecule has 0 N–H and O–H groups in total. The maximum absolute atomic E-state index is 5.73. The van der Waals surface area contributed by atoms with Crippen molar-refractivity contribution in [1.29, 1.82) is 0 Å². The molecule has 1 unspecified atom stereocenters. The molecule has 2 nitrogen and oxygen atoms in total. The van der Waals surface area contributed by atoms with Crippen LogP contribution in [0.2, 0.25) is 0 Å². The van der Waals surface area contributed by atoms with Gasteiger partial charge in [0.25, 0.3) is 0 Å². The van der Waals surface area contributed by atoms with E-state index in [-0.39, 0.29) is 6.10 Å². The number of fused-ring (bicyclic) bond motifs is 1. The summed E-state index contributed by atoms with van der Waals surface area (Å²) in [7, 11) is 1.68. The first kappa shape index (κ1) is 12.4. The molecular weight excluding hydrogens is 280 g/mol. The Hall–Kier alpha value is -1.06. The van der Waals surface area contributed by atoms with Crippen LogP contribution in [0, 0.1) is 0 Å². The minimum absolute atomic E-state index is 0.0911. The van der Waals surface area contributed by atoms with E-state index in [0.29, 0.717) is 6.61 Å². The number of methoxy groups -OCH3 is 1. The molecule has 0 bridgehead atoms. The van der Waals surface area contributed by atoms with Gasteiger partial charge in [0.2, 0.25) is 0 Å².